The second-order valence-electron chi connectivity index (χ2n) is 4.73. The summed E-state index contributed by atoms with van der Waals surface area (Å²) in [4.78, 5) is 15.0. The Bertz CT molecular complexity index is 486. The van der Waals surface area contributed by atoms with Crippen molar-refractivity contribution >= 4 is 5.82 Å². The molecule has 0 bridgehead atoms. The van der Waals surface area contributed by atoms with Crippen molar-refractivity contribution in [2.75, 3.05) is 18.0 Å². The zero-order valence-corrected chi connectivity index (χ0v) is 10.2. The summed E-state index contributed by atoms with van der Waals surface area (Å²) in [6.45, 7) is 2.14. The fourth-order valence-corrected chi connectivity index (χ4v) is 2.51. The summed E-state index contributed by atoms with van der Waals surface area (Å²) >= 11 is 0. The van der Waals surface area contributed by atoms with E-state index in [1.165, 1.54) is 12.0 Å². The van der Waals surface area contributed by atoms with E-state index in [1.54, 1.807) is 12.4 Å². The second kappa shape index (κ2) is 5.12. The van der Waals surface area contributed by atoms with E-state index in [0.29, 0.717) is 5.92 Å². The van der Waals surface area contributed by atoms with Crippen molar-refractivity contribution in [2.24, 2.45) is 5.92 Å². The van der Waals surface area contributed by atoms with Crippen molar-refractivity contribution in [3.63, 3.8) is 0 Å². The summed E-state index contributed by atoms with van der Waals surface area (Å²) in [5, 5.41) is 0. The second-order valence-corrected chi connectivity index (χ2v) is 4.73. The normalized spacial score (nSPS) is 19.1. The maximum Gasteiger partial charge on any atom is 0.147 e. The van der Waals surface area contributed by atoms with Crippen LogP contribution in [0.15, 0.2) is 43.1 Å². The fourth-order valence-electron chi connectivity index (χ4n) is 2.51. The quantitative estimate of drug-likeness (QED) is 0.822. The van der Waals surface area contributed by atoms with Crippen molar-refractivity contribution in [1.29, 1.82) is 0 Å². The summed E-state index contributed by atoms with van der Waals surface area (Å²) in [6.07, 6.45) is 11.4. The van der Waals surface area contributed by atoms with Crippen LogP contribution in [0.5, 0.6) is 0 Å². The lowest BCUT2D eigenvalue weighted by atomic mass is 10.0. The lowest BCUT2D eigenvalue weighted by Gasteiger charge is -2.16. The van der Waals surface area contributed by atoms with Gasteiger partial charge in [-0.25, -0.2) is 4.98 Å². The van der Waals surface area contributed by atoms with E-state index in [0.717, 1.165) is 25.3 Å². The first-order chi connectivity index (χ1) is 8.92. The van der Waals surface area contributed by atoms with Gasteiger partial charge < -0.3 is 4.90 Å². The third-order valence-electron chi connectivity index (χ3n) is 3.41. The molecule has 0 radical (unpaired) electrons. The molecule has 1 fully saturated rings. The molecule has 1 saturated heterocycles. The van der Waals surface area contributed by atoms with Crippen LogP contribution < -0.4 is 4.90 Å². The monoisotopic (exact) mass is 240 g/mol. The molecule has 3 rings (SSSR count). The van der Waals surface area contributed by atoms with Gasteiger partial charge in [-0.2, -0.15) is 0 Å². The molecule has 92 valence electrons. The van der Waals surface area contributed by atoms with E-state index in [4.69, 9.17) is 0 Å². The number of pyridine rings is 1. The molecule has 0 amide bonds. The summed E-state index contributed by atoms with van der Waals surface area (Å²) in [5.74, 6) is 1.68. The van der Waals surface area contributed by atoms with Crippen LogP contribution in [0.4, 0.5) is 5.82 Å². The Morgan fingerprint density at radius 2 is 2.11 bits per heavy atom. The van der Waals surface area contributed by atoms with E-state index in [2.05, 4.69) is 25.9 Å². The Labute approximate surface area is 107 Å². The molecule has 0 aliphatic carbocycles. The van der Waals surface area contributed by atoms with Crippen molar-refractivity contribution in [3.05, 3.63) is 48.7 Å². The van der Waals surface area contributed by atoms with Crippen molar-refractivity contribution < 1.29 is 0 Å². The minimum absolute atomic E-state index is 0.691. The number of rotatable bonds is 3. The first kappa shape index (κ1) is 11.1. The molecule has 1 aliphatic heterocycles. The molecular formula is C14H16N4. The van der Waals surface area contributed by atoms with Crippen LogP contribution in [0.25, 0.3) is 0 Å². The van der Waals surface area contributed by atoms with Gasteiger partial charge in [0.15, 0.2) is 0 Å². The third kappa shape index (κ3) is 2.47. The van der Waals surface area contributed by atoms with Crippen molar-refractivity contribution in [3.8, 4) is 0 Å². The van der Waals surface area contributed by atoms with Gasteiger partial charge >= 0.3 is 0 Å². The van der Waals surface area contributed by atoms with Gasteiger partial charge in [0, 0.05) is 37.9 Å². The molecule has 4 heteroatoms. The fraction of sp³-hybridized carbons (Fsp3) is 0.357. The average molecular weight is 240 g/mol. The third-order valence-corrected chi connectivity index (χ3v) is 3.41. The first-order valence-electron chi connectivity index (χ1n) is 6.31. The maximum absolute atomic E-state index is 4.35. The minimum atomic E-state index is 0.691. The van der Waals surface area contributed by atoms with Crippen LogP contribution in [-0.2, 0) is 6.42 Å². The molecule has 0 aromatic carbocycles. The highest BCUT2D eigenvalue weighted by Crippen LogP contribution is 2.23. The molecule has 4 nitrogen and oxygen atoms in total. The van der Waals surface area contributed by atoms with Gasteiger partial charge in [-0.05, 0) is 30.4 Å². The Hall–Kier alpha value is -1.97. The Morgan fingerprint density at radius 3 is 2.89 bits per heavy atom. The molecule has 2 aromatic heterocycles. The Balaban J connectivity index is 1.62. The molecule has 0 N–H and O–H groups in total. The topological polar surface area (TPSA) is 41.9 Å². The summed E-state index contributed by atoms with van der Waals surface area (Å²) < 4.78 is 0. The molecule has 0 spiro atoms. The van der Waals surface area contributed by atoms with Crippen LogP contribution in [0.2, 0.25) is 0 Å². The van der Waals surface area contributed by atoms with Crippen LogP contribution in [0.3, 0.4) is 0 Å². The SMILES string of the molecule is c1cncc(C[C@H]2CCN(c3cnccn3)C2)c1. The van der Waals surface area contributed by atoms with E-state index >= 15 is 0 Å². The predicted molar refractivity (Wildman–Crippen MR) is 70.3 cm³/mol. The molecule has 1 atom stereocenters. The highest BCUT2D eigenvalue weighted by molar-refractivity contribution is 5.36. The molecule has 2 aromatic rings. The lowest BCUT2D eigenvalue weighted by molar-refractivity contribution is 0.585. The van der Waals surface area contributed by atoms with E-state index in [9.17, 15) is 0 Å². The first-order valence-corrected chi connectivity index (χ1v) is 6.31. The standard InChI is InChI=1S/C14H16N4/c1-2-12(9-15-4-1)8-13-3-7-18(11-13)14-10-16-5-6-17-14/h1-2,4-6,9-10,13H,3,7-8,11H2/t13-/m1/s1. The molecular weight excluding hydrogens is 224 g/mol. The van der Waals surface area contributed by atoms with Crippen LogP contribution >= 0.6 is 0 Å². The largest absolute Gasteiger partial charge is 0.355 e. The smallest absolute Gasteiger partial charge is 0.147 e. The predicted octanol–water partition coefficient (Wildman–Crippen LogP) is 1.94. The summed E-state index contributed by atoms with van der Waals surface area (Å²) in [6, 6.07) is 4.16. The molecule has 0 unspecified atom stereocenters. The highest BCUT2D eigenvalue weighted by atomic mass is 15.2. The zero-order valence-electron chi connectivity index (χ0n) is 10.2. The van der Waals surface area contributed by atoms with Gasteiger partial charge in [-0.1, -0.05) is 6.07 Å². The number of nitrogens with zero attached hydrogens (tertiary/aromatic N) is 4. The van der Waals surface area contributed by atoms with Crippen molar-refractivity contribution in [2.45, 2.75) is 12.8 Å². The Morgan fingerprint density at radius 1 is 1.17 bits per heavy atom. The van der Waals surface area contributed by atoms with Crippen LogP contribution in [0.1, 0.15) is 12.0 Å². The van der Waals surface area contributed by atoms with Gasteiger partial charge in [0.2, 0.25) is 0 Å². The van der Waals surface area contributed by atoms with Crippen LogP contribution in [0, 0.1) is 5.92 Å². The van der Waals surface area contributed by atoms with Gasteiger partial charge in [-0.3, -0.25) is 9.97 Å². The summed E-state index contributed by atoms with van der Waals surface area (Å²) in [7, 11) is 0. The Kier molecular flexibility index (Phi) is 3.17. The minimum Gasteiger partial charge on any atom is -0.355 e. The number of anilines is 1. The molecule has 18 heavy (non-hydrogen) atoms. The average Bonchev–Trinajstić information content (AvgIpc) is 2.89. The number of hydrogen-bond acceptors (Lipinski definition) is 4. The molecule has 3 heterocycles. The molecule has 1 aliphatic rings. The van der Waals surface area contributed by atoms with Gasteiger partial charge in [0.1, 0.15) is 5.82 Å². The summed E-state index contributed by atoms with van der Waals surface area (Å²) in [5.41, 5.74) is 1.32. The van der Waals surface area contributed by atoms with Gasteiger partial charge in [0.25, 0.3) is 0 Å². The highest BCUT2D eigenvalue weighted by Gasteiger charge is 2.23. The molecule has 0 saturated carbocycles. The number of aromatic nitrogens is 3. The lowest BCUT2D eigenvalue weighted by Crippen LogP contribution is -2.21. The van der Waals surface area contributed by atoms with E-state index in [-0.39, 0.29) is 0 Å². The zero-order chi connectivity index (χ0) is 12.2. The van der Waals surface area contributed by atoms with Crippen molar-refractivity contribution in [1.82, 2.24) is 15.0 Å². The maximum atomic E-state index is 4.35. The van der Waals surface area contributed by atoms with E-state index in [1.807, 2.05) is 24.7 Å². The van der Waals surface area contributed by atoms with Crippen LogP contribution in [-0.4, -0.2) is 28.0 Å². The number of hydrogen-bond donors (Lipinski definition) is 0. The van der Waals surface area contributed by atoms with Gasteiger partial charge in [-0.15, -0.1) is 0 Å². The van der Waals surface area contributed by atoms with Gasteiger partial charge in [0.05, 0.1) is 6.20 Å². The van der Waals surface area contributed by atoms with E-state index < -0.39 is 0 Å².